The van der Waals surface area contributed by atoms with E-state index in [0.29, 0.717) is 12.3 Å². The minimum Gasteiger partial charge on any atom is -0.475 e. The van der Waals surface area contributed by atoms with Crippen LogP contribution < -0.4 is 4.74 Å². The van der Waals surface area contributed by atoms with Gasteiger partial charge in [0.2, 0.25) is 0 Å². The first-order valence-corrected chi connectivity index (χ1v) is 4.39. The van der Waals surface area contributed by atoms with E-state index in [4.69, 9.17) is 9.15 Å². The Morgan fingerprint density at radius 2 is 2.33 bits per heavy atom. The molecule has 15 heavy (non-hydrogen) atoms. The summed E-state index contributed by atoms with van der Waals surface area (Å²) >= 11 is 0. The minimum atomic E-state index is -0.593. The average molecular weight is 207 g/mol. The number of halogens is 1. The second kappa shape index (κ2) is 4.54. The second-order valence-corrected chi connectivity index (χ2v) is 2.73. The van der Waals surface area contributed by atoms with Crippen molar-refractivity contribution in [1.29, 1.82) is 0 Å². The van der Waals surface area contributed by atoms with Gasteiger partial charge in [0, 0.05) is 12.3 Å². The van der Waals surface area contributed by atoms with Crippen molar-refractivity contribution >= 4 is 0 Å². The van der Waals surface area contributed by atoms with E-state index in [1.807, 2.05) is 0 Å². The summed E-state index contributed by atoms with van der Waals surface area (Å²) in [5.41, 5.74) is 0. The van der Waals surface area contributed by atoms with Gasteiger partial charge in [0.05, 0.1) is 19.2 Å². The molecule has 0 N–H and O–H groups in total. The Morgan fingerprint density at radius 1 is 1.40 bits per heavy atom. The molecule has 0 fully saturated rings. The Balaban J connectivity index is 1.86. The molecule has 0 aliphatic rings. The molecule has 0 atom stereocenters. The molecule has 77 valence electrons. The normalized spacial score (nSPS) is 10.2. The fourth-order valence-corrected chi connectivity index (χ4v) is 1.05. The molecule has 2 heterocycles. The van der Waals surface area contributed by atoms with Crippen LogP contribution >= 0.6 is 0 Å². The minimum absolute atomic E-state index is 0.0518. The lowest BCUT2D eigenvalue weighted by molar-refractivity contribution is 0.280. The van der Waals surface area contributed by atoms with Crippen molar-refractivity contribution in [1.82, 2.24) is 9.97 Å². The third-order valence-corrected chi connectivity index (χ3v) is 1.70. The largest absolute Gasteiger partial charge is 0.475 e. The highest BCUT2D eigenvalue weighted by molar-refractivity contribution is 5.11. The van der Waals surface area contributed by atoms with Crippen molar-refractivity contribution < 1.29 is 13.5 Å². The van der Waals surface area contributed by atoms with Crippen LogP contribution in [0.2, 0.25) is 0 Å². The van der Waals surface area contributed by atoms with E-state index in [1.165, 1.54) is 18.5 Å². The Labute approximate surface area is 85.7 Å². The van der Waals surface area contributed by atoms with Gasteiger partial charge >= 0.3 is 0 Å². The van der Waals surface area contributed by atoms with Crippen LogP contribution in [0.5, 0.6) is 5.88 Å². The van der Waals surface area contributed by atoms with Gasteiger partial charge in [0.15, 0.2) is 11.7 Å². The van der Waals surface area contributed by atoms with Gasteiger partial charge in [0.1, 0.15) is 6.26 Å². The lowest BCUT2D eigenvalue weighted by Crippen LogP contribution is -2.04. The zero-order valence-corrected chi connectivity index (χ0v) is 7.81. The Hall–Kier alpha value is -1.91. The van der Waals surface area contributed by atoms with Crippen LogP contribution in [0.1, 0.15) is 5.89 Å². The van der Waals surface area contributed by atoms with Crippen LogP contribution in [0.15, 0.2) is 29.1 Å². The molecular formula is C10H8FN2O2. The quantitative estimate of drug-likeness (QED) is 0.764. The summed E-state index contributed by atoms with van der Waals surface area (Å²) in [6, 6.07) is 3.74. The van der Waals surface area contributed by atoms with Gasteiger partial charge < -0.3 is 9.15 Å². The molecule has 0 unspecified atom stereocenters. The molecule has 0 spiro atoms. The van der Waals surface area contributed by atoms with E-state index in [9.17, 15) is 4.39 Å². The van der Waals surface area contributed by atoms with Gasteiger partial charge in [-0.05, 0) is 6.07 Å². The Kier molecular flexibility index (Phi) is 2.92. The molecule has 0 aliphatic heterocycles. The van der Waals surface area contributed by atoms with Crippen molar-refractivity contribution in [3.63, 3.8) is 0 Å². The molecule has 5 heteroatoms. The van der Waals surface area contributed by atoms with Crippen LogP contribution in [0, 0.1) is 11.9 Å². The Morgan fingerprint density at radius 3 is 3.07 bits per heavy atom. The highest BCUT2D eigenvalue weighted by Gasteiger charge is 2.04. The molecule has 0 amide bonds. The summed E-state index contributed by atoms with van der Waals surface area (Å²) in [5.74, 6) is -0.0933. The number of hydrogen-bond donors (Lipinski definition) is 0. The van der Waals surface area contributed by atoms with E-state index >= 15 is 0 Å². The highest BCUT2D eigenvalue weighted by Crippen LogP contribution is 2.10. The molecule has 1 radical (unpaired) electrons. The molecule has 0 aromatic carbocycles. The number of hydrogen-bond acceptors (Lipinski definition) is 4. The van der Waals surface area contributed by atoms with E-state index in [1.54, 1.807) is 6.20 Å². The fourth-order valence-electron chi connectivity index (χ4n) is 1.05. The van der Waals surface area contributed by atoms with Crippen LogP contribution in [-0.2, 0) is 6.42 Å². The summed E-state index contributed by atoms with van der Waals surface area (Å²) < 4.78 is 23.1. The van der Waals surface area contributed by atoms with Crippen LogP contribution in [0.4, 0.5) is 4.39 Å². The number of rotatable bonds is 4. The molecular weight excluding hydrogens is 199 g/mol. The smallest absolute Gasteiger partial charge is 0.251 e. The molecule has 0 bridgehead atoms. The lowest BCUT2D eigenvalue weighted by atomic mass is 10.4. The zero-order chi connectivity index (χ0) is 10.5. The zero-order valence-electron chi connectivity index (χ0n) is 7.81. The lowest BCUT2D eigenvalue weighted by Gasteiger charge is -2.03. The number of nitrogens with zero attached hydrogens (tertiary/aromatic N) is 2. The molecule has 0 saturated heterocycles. The van der Waals surface area contributed by atoms with Crippen LogP contribution in [0.3, 0.4) is 0 Å². The van der Waals surface area contributed by atoms with Gasteiger partial charge in [0.25, 0.3) is 5.88 Å². The van der Waals surface area contributed by atoms with Crippen molar-refractivity contribution in [2.75, 3.05) is 6.61 Å². The number of pyridine rings is 1. The monoisotopic (exact) mass is 207 g/mol. The summed E-state index contributed by atoms with van der Waals surface area (Å²) in [4.78, 5) is 7.62. The van der Waals surface area contributed by atoms with E-state index in [2.05, 4.69) is 16.0 Å². The first-order valence-electron chi connectivity index (χ1n) is 4.39. The molecule has 2 aromatic heterocycles. The summed E-state index contributed by atoms with van der Waals surface area (Å²) in [7, 11) is 0. The maximum Gasteiger partial charge on any atom is 0.251 e. The number of aromatic nitrogens is 2. The molecule has 2 rings (SSSR count). The van der Waals surface area contributed by atoms with Gasteiger partial charge in [-0.3, -0.25) is 0 Å². The predicted molar refractivity (Wildman–Crippen MR) is 48.7 cm³/mol. The third-order valence-electron chi connectivity index (χ3n) is 1.70. The van der Waals surface area contributed by atoms with Crippen LogP contribution in [-0.4, -0.2) is 16.6 Å². The van der Waals surface area contributed by atoms with Crippen LogP contribution in [0.25, 0.3) is 0 Å². The van der Waals surface area contributed by atoms with Crippen molar-refractivity contribution in [2.45, 2.75) is 6.42 Å². The highest BCUT2D eigenvalue weighted by atomic mass is 19.1. The SMILES string of the molecule is Fc1[c]ccnc1OCCc1ncco1. The summed E-state index contributed by atoms with van der Waals surface area (Å²) in [6.45, 7) is 0.266. The predicted octanol–water partition coefficient (Wildman–Crippen LogP) is 1.63. The maximum absolute atomic E-state index is 13.0. The topological polar surface area (TPSA) is 48.2 Å². The molecule has 4 nitrogen and oxygen atoms in total. The average Bonchev–Trinajstić information content (AvgIpc) is 2.74. The van der Waals surface area contributed by atoms with E-state index < -0.39 is 5.82 Å². The number of oxazole rings is 1. The van der Waals surface area contributed by atoms with Crippen molar-refractivity contribution in [3.8, 4) is 5.88 Å². The first-order chi connectivity index (χ1) is 7.36. The second-order valence-electron chi connectivity index (χ2n) is 2.73. The fraction of sp³-hybridized carbons (Fsp3) is 0.200. The number of ether oxygens (including phenoxy) is 1. The van der Waals surface area contributed by atoms with E-state index in [0.717, 1.165) is 0 Å². The van der Waals surface area contributed by atoms with Gasteiger partial charge in [-0.2, -0.15) is 0 Å². The summed E-state index contributed by atoms with van der Waals surface area (Å²) in [5, 5.41) is 0. The van der Waals surface area contributed by atoms with Crippen molar-refractivity contribution in [2.24, 2.45) is 0 Å². The molecule has 2 aromatic rings. The summed E-state index contributed by atoms with van der Waals surface area (Å²) in [6.07, 6.45) is 4.92. The standard InChI is InChI=1S/C10H8FN2O2/c11-8-2-1-4-13-10(8)15-6-3-9-12-5-7-14-9/h1,4-5,7H,3,6H2. The van der Waals surface area contributed by atoms with Gasteiger partial charge in [-0.1, -0.05) is 0 Å². The molecule has 0 saturated carbocycles. The van der Waals surface area contributed by atoms with Gasteiger partial charge in [-0.25, -0.2) is 14.4 Å². The molecule has 0 aliphatic carbocycles. The van der Waals surface area contributed by atoms with E-state index in [-0.39, 0.29) is 12.5 Å². The third kappa shape index (κ3) is 2.52. The van der Waals surface area contributed by atoms with Gasteiger partial charge in [-0.15, -0.1) is 0 Å². The Bertz CT molecular complexity index is 417. The first kappa shape index (κ1) is 9.64. The maximum atomic E-state index is 13.0. The van der Waals surface area contributed by atoms with Crippen molar-refractivity contribution in [3.05, 3.63) is 42.5 Å².